The van der Waals surface area contributed by atoms with E-state index in [1.165, 1.54) is 27.3 Å². The van der Waals surface area contributed by atoms with Gasteiger partial charge >= 0.3 is 0 Å². The van der Waals surface area contributed by atoms with Crippen LogP contribution in [0, 0.1) is 0 Å². The van der Waals surface area contributed by atoms with Crippen LogP contribution in [0.5, 0.6) is 0 Å². The fraction of sp³-hybridized carbons (Fsp3) is 0. The molecule has 0 atom stereocenters. The molecule has 11 aromatic rings. The summed E-state index contributed by atoms with van der Waals surface area (Å²) in [5.41, 5.74) is 12.9. The van der Waals surface area contributed by atoms with E-state index < -0.39 is 0 Å². The molecule has 0 saturated heterocycles. The summed E-state index contributed by atoms with van der Waals surface area (Å²) < 4.78 is 2.37. The molecular formula is C55H36N4. The smallest absolute Gasteiger partial charge is 0.166 e. The van der Waals surface area contributed by atoms with E-state index >= 15 is 0 Å². The molecule has 0 saturated carbocycles. The van der Waals surface area contributed by atoms with E-state index in [0.29, 0.717) is 17.5 Å². The molecule has 59 heavy (non-hydrogen) atoms. The normalized spacial score (nSPS) is 11.4. The molecule has 0 amide bonds. The Labute approximate surface area is 342 Å². The summed E-state index contributed by atoms with van der Waals surface area (Å²) in [6, 6.07) is 77.0. The Morgan fingerprint density at radius 3 is 1.42 bits per heavy atom. The first-order valence-corrected chi connectivity index (χ1v) is 19.9. The zero-order valence-corrected chi connectivity index (χ0v) is 32.1. The van der Waals surface area contributed by atoms with E-state index in [2.05, 4.69) is 217 Å². The highest BCUT2D eigenvalue weighted by atomic mass is 15.1. The van der Waals surface area contributed by atoms with Gasteiger partial charge in [0.15, 0.2) is 17.5 Å². The first-order valence-electron chi connectivity index (χ1n) is 19.9. The van der Waals surface area contributed by atoms with Crippen LogP contribution in [-0.2, 0) is 0 Å². The first kappa shape index (κ1) is 34.3. The van der Waals surface area contributed by atoms with E-state index in [4.69, 9.17) is 15.0 Å². The lowest BCUT2D eigenvalue weighted by atomic mass is 9.97. The van der Waals surface area contributed by atoms with Crippen LogP contribution in [0.4, 0.5) is 0 Å². The Morgan fingerprint density at radius 2 is 0.763 bits per heavy atom. The molecule has 9 aromatic carbocycles. The summed E-state index contributed by atoms with van der Waals surface area (Å²) in [7, 11) is 0. The number of aromatic nitrogens is 4. The second kappa shape index (κ2) is 14.5. The van der Waals surface area contributed by atoms with Crippen molar-refractivity contribution in [2.75, 3.05) is 0 Å². The summed E-state index contributed by atoms with van der Waals surface area (Å²) in [5.74, 6) is 1.83. The van der Waals surface area contributed by atoms with Gasteiger partial charge < -0.3 is 4.57 Å². The van der Waals surface area contributed by atoms with Gasteiger partial charge in [0.25, 0.3) is 0 Å². The van der Waals surface area contributed by atoms with E-state index in [1.807, 2.05) is 6.07 Å². The van der Waals surface area contributed by atoms with E-state index in [9.17, 15) is 0 Å². The second-order valence-electron chi connectivity index (χ2n) is 14.8. The van der Waals surface area contributed by atoms with Crippen molar-refractivity contribution in [1.29, 1.82) is 0 Å². The standard InChI is InChI=1S/C55H36N4/c1-4-16-37(17-5-1)40-22-14-24-43(34-40)53-56-54(44-31-32-46-42(35-44)23-15-27-45(46)39-20-8-3-9-21-39)58-55(57-53)49-33-30-41(38-18-6-2-7-19-38)36-52(49)59-50-28-12-10-25-47(50)48-26-11-13-29-51(48)59/h1-36H. The SMILES string of the molecule is c1ccc(-c2cccc(-c3nc(-c4ccc5c(-c6ccccc6)cccc5c4)nc(-c4ccc(-c5ccccc5)cc4-n4c5ccccc5c5ccccc54)n3)c2)cc1. The zero-order valence-electron chi connectivity index (χ0n) is 32.1. The highest BCUT2D eigenvalue weighted by molar-refractivity contribution is 6.10. The highest BCUT2D eigenvalue weighted by Gasteiger charge is 2.21. The van der Waals surface area contributed by atoms with Gasteiger partial charge in [0, 0.05) is 27.5 Å². The molecule has 0 bridgehead atoms. The predicted molar refractivity (Wildman–Crippen MR) is 244 cm³/mol. The lowest BCUT2D eigenvalue weighted by Gasteiger charge is -2.17. The molecule has 0 aliphatic carbocycles. The number of rotatable bonds is 7. The van der Waals surface area contributed by atoms with Crippen molar-refractivity contribution in [3.05, 3.63) is 218 Å². The second-order valence-corrected chi connectivity index (χ2v) is 14.8. The van der Waals surface area contributed by atoms with E-state index in [1.54, 1.807) is 0 Å². The minimum atomic E-state index is 0.602. The number of nitrogens with zero attached hydrogens (tertiary/aromatic N) is 4. The van der Waals surface area contributed by atoms with Crippen LogP contribution in [0.25, 0.3) is 106 Å². The molecule has 2 heterocycles. The molecule has 4 heteroatoms. The Bertz CT molecular complexity index is 3260. The molecule has 0 N–H and O–H groups in total. The van der Waals surface area contributed by atoms with Gasteiger partial charge in [0.1, 0.15) is 0 Å². The van der Waals surface area contributed by atoms with Crippen molar-refractivity contribution >= 4 is 32.6 Å². The summed E-state index contributed by atoms with van der Waals surface area (Å²) in [6.07, 6.45) is 0. The molecule has 0 unspecified atom stereocenters. The average molecular weight is 753 g/mol. The number of hydrogen-bond donors (Lipinski definition) is 0. The fourth-order valence-corrected chi connectivity index (χ4v) is 8.41. The fourth-order valence-electron chi connectivity index (χ4n) is 8.41. The van der Waals surface area contributed by atoms with Gasteiger partial charge in [0.05, 0.1) is 16.7 Å². The third kappa shape index (κ3) is 6.24. The molecule has 0 aliphatic rings. The monoisotopic (exact) mass is 752 g/mol. The summed E-state index contributed by atoms with van der Waals surface area (Å²) in [6.45, 7) is 0. The Kier molecular flexibility index (Phi) is 8.45. The largest absolute Gasteiger partial charge is 0.308 e. The quantitative estimate of drug-likeness (QED) is 0.163. The van der Waals surface area contributed by atoms with Gasteiger partial charge in [-0.05, 0) is 80.6 Å². The summed E-state index contributed by atoms with van der Waals surface area (Å²) in [4.78, 5) is 16.0. The van der Waals surface area contributed by atoms with Crippen molar-refractivity contribution in [3.63, 3.8) is 0 Å². The third-order valence-corrected chi connectivity index (χ3v) is 11.3. The Hall–Kier alpha value is -7.95. The molecule has 0 spiro atoms. The molecule has 2 aromatic heterocycles. The molecule has 4 nitrogen and oxygen atoms in total. The van der Waals surface area contributed by atoms with Crippen molar-refractivity contribution in [1.82, 2.24) is 19.5 Å². The summed E-state index contributed by atoms with van der Waals surface area (Å²) in [5, 5.41) is 4.69. The van der Waals surface area contributed by atoms with Gasteiger partial charge in [-0.1, -0.05) is 182 Å². The minimum absolute atomic E-state index is 0.602. The van der Waals surface area contributed by atoms with Gasteiger partial charge in [-0.3, -0.25) is 0 Å². The number of hydrogen-bond acceptors (Lipinski definition) is 3. The first-order chi connectivity index (χ1) is 29.2. The number of fused-ring (bicyclic) bond motifs is 4. The maximum atomic E-state index is 5.36. The molecular weight excluding hydrogens is 717 g/mol. The van der Waals surface area contributed by atoms with Crippen LogP contribution in [0.1, 0.15) is 0 Å². The summed E-state index contributed by atoms with van der Waals surface area (Å²) >= 11 is 0. The van der Waals surface area contributed by atoms with Gasteiger partial charge in [-0.15, -0.1) is 0 Å². The maximum Gasteiger partial charge on any atom is 0.166 e. The number of para-hydroxylation sites is 2. The van der Waals surface area contributed by atoms with Crippen LogP contribution in [0.2, 0.25) is 0 Å². The Balaban J connectivity index is 1.16. The maximum absolute atomic E-state index is 5.36. The topological polar surface area (TPSA) is 43.6 Å². The molecule has 0 fully saturated rings. The Morgan fingerprint density at radius 1 is 0.271 bits per heavy atom. The van der Waals surface area contributed by atoms with Crippen LogP contribution in [0.3, 0.4) is 0 Å². The van der Waals surface area contributed by atoms with Crippen LogP contribution in [0.15, 0.2) is 218 Å². The lowest BCUT2D eigenvalue weighted by molar-refractivity contribution is 1.07. The van der Waals surface area contributed by atoms with Gasteiger partial charge in [-0.25, -0.2) is 15.0 Å². The van der Waals surface area contributed by atoms with Crippen LogP contribution >= 0.6 is 0 Å². The minimum Gasteiger partial charge on any atom is -0.308 e. The zero-order chi connectivity index (χ0) is 39.1. The highest BCUT2D eigenvalue weighted by Crippen LogP contribution is 2.39. The lowest BCUT2D eigenvalue weighted by Crippen LogP contribution is -2.04. The molecule has 0 radical (unpaired) electrons. The van der Waals surface area contributed by atoms with Crippen molar-refractivity contribution in [3.8, 4) is 73.2 Å². The molecule has 0 aliphatic heterocycles. The van der Waals surface area contributed by atoms with Crippen molar-refractivity contribution in [2.24, 2.45) is 0 Å². The van der Waals surface area contributed by atoms with Gasteiger partial charge in [0.2, 0.25) is 0 Å². The van der Waals surface area contributed by atoms with Crippen LogP contribution < -0.4 is 0 Å². The van der Waals surface area contributed by atoms with E-state index in [0.717, 1.165) is 61.1 Å². The van der Waals surface area contributed by atoms with Gasteiger partial charge in [-0.2, -0.15) is 0 Å². The third-order valence-electron chi connectivity index (χ3n) is 11.3. The van der Waals surface area contributed by atoms with Crippen molar-refractivity contribution < 1.29 is 0 Å². The molecule has 11 rings (SSSR count). The van der Waals surface area contributed by atoms with Crippen LogP contribution in [-0.4, -0.2) is 19.5 Å². The molecule has 276 valence electrons. The predicted octanol–water partition coefficient (Wildman–Crippen LogP) is 14.1. The van der Waals surface area contributed by atoms with E-state index in [-0.39, 0.29) is 0 Å². The van der Waals surface area contributed by atoms with Crippen molar-refractivity contribution in [2.45, 2.75) is 0 Å². The average Bonchev–Trinajstić information content (AvgIpc) is 3.66. The number of benzene rings is 9.